The molecule has 1 atom stereocenters. The second-order valence-corrected chi connectivity index (χ2v) is 7.35. The molecule has 1 saturated heterocycles. The highest BCUT2D eigenvalue weighted by Crippen LogP contribution is 2.45. The summed E-state index contributed by atoms with van der Waals surface area (Å²) in [5.41, 5.74) is -0.0238. The van der Waals surface area contributed by atoms with Crippen molar-refractivity contribution in [2.24, 2.45) is 17.3 Å². The van der Waals surface area contributed by atoms with Crippen LogP contribution in [0.3, 0.4) is 0 Å². The summed E-state index contributed by atoms with van der Waals surface area (Å²) in [6.07, 6.45) is 7.97. The summed E-state index contributed by atoms with van der Waals surface area (Å²) in [4.78, 5) is 15.1. The van der Waals surface area contributed by atoms with Gasteiger partial charge in [-0.3, -0.25) is 4.79 Å². The summed E-state index contributed by atoms with van der Waals surface area (Å²) >= 11 is 5.83. The highest BCUT2D eigenvalue weighted by molar-refractivity contribution is 6.17. The number of carbonyl (C=O) groups is 1. The Kier molecular flexibility index (Phi) is 5.16. The fourth-order valence-corrected chi connectivity index (χ4v) is 4.39. The lowest BCUT2D eigenvalue weighted by Gasteiger charge is -2.34. The predicted octanol–water partition coefficient (Wildman–Crippen LogP) is 4.07. The number of hydrogen-bond donors (Lipinski definition) is 0. The minimum Gasteiger partial charge on any atom is -0.342 e. The fraction of sp³-hybridized carbons (Fsp3) is 0.938. The molecule has 0 bridgehead atoms. The second-order valence-electron chi connectivity index (χ2n) is 6.97. The second kappa shape index (κ2) is 6.47. The zero-order valence-electron chi connectivity index (χ0n) is 12.5. The summed E-state index contributed by atoms with van der Waals surface area (Å²) < 4.78 is 0. The van der Waals surface area contributed by atoms with Crippen LogP contribution in [0.15, 0.2) is 0 Å². The summed E-state index contributed by atoms with van der Waals surface area (Å²) in [5.74, 6) is 2.43. The third-order valence-electron chi connectivity index (χ3n) is 4.90. The van der Waals surface area contributed by atoms with Gasteiger partial charge in [0.15, 0.2) is 0 Å². The first kappa shape index (κ1) is 15.2. The molecule has 0 aromatic rings. The lowest BCUT2D eigenvalue weighted by atomic mass is 9.77. The lowest BCUT2D eigenvalue weighted by Crippen LogP contribution is -2.42. The van der Waals surface area contributed by atoms with Crippen LogP contribution in [-0.4, -0.2) is 29.8 Å². The van der Waals surface area contributed by atoms with Crippen LogP contribution in [0.1, 0.15) is 58.8 Å². The van der Waals surface area contributed by atoms with Gasteiger partial charge in [-0.15, -0.1) is 11.6 Å². The van der Waals surface area contributed by atoms with Gasteiger partial charge in [-0.2, -0.15) is 0 Å². The fourth-order valence-electron chi connectivity index (χ4n) is 4.08. The smallest absolute Gasteiger partial charge is 0.228 e. The summed E-state index contributed by atoms with van der Waals surface area (Å²) in [7, 11) is 0. The number of alkyl halides is 1. The van der Waals surface area contributed by atoms with Crippen molar-refractivity contribution in [1.29, 1.82) is 0 Å². The summed E-state index contributed by atoms with van der Waals surface area (Å²) in [5, 5.41) is 0. The molecular weight excluding hydrogens is 258 g/mol. The Labute approximate surface area is 122 Å². The Hall–Kier alpha value is -0.240. The molecule has 2 nitrogen and oxygen atoms in total. The van der Waals surface area contributed by atoms with Crippen molar-refractivity contribution in [3.8, 4) is 0 Å². The molecule has 1 amide bonds. The van der Waals surface area contributed by atoms with E-state index in [1.54, 1.807) is 0 Å². The van der Waals surface area contributed by atoms with E-state index in [2.05, 4.69) is 18.7 Å². The van der Waals surface area contributed by atoms with Gasteiger partial charge in [-0.25, -0.2) is 0 Å². The quantitative estimate of drug-likeness (QED) is 0.697. The zero-order valence-corrected chi connectivity index (χ0v) is 13.2. The maximum absolute atomic E-state index is 12.9. The van der Waals surface area contributed by atoms with E-state index in [9.17, 15) is 4.79 Å². The number of halogens is 1. The normalized spacial score (nSPS) is 26.3. The van der Waals surface area contributed by atoms with Crippen molar-refractivity contribution in [2.75, 3.05) is 19.0 Å². The largest absolute Gasteiger partial charge is 0.342 e. The van der Waals surface area contributed by atoms with Gasteiger partial charge in [0, 0.05) is 24.4 Å². The SMILES string of the molecule is CC(C)CC1(C(=O)N2CCC(CCCl)C2)CCCC1. The number of hydrogen-bond acceptors (Lipinski definition) is 1. The van der Waals surface area contributed by atoms with Gasteiger partial charge in [0.25, 0.3) is 0 Å². The predicted molar refractivity (Wildman–Crippen MR) is 80.4 cm³/mol. The van der Waals surface area contributed by atoms with Crippen molar-refractivity contribution < 1.29 is 4.79 Å². The molecule has 1 aliphatic carbocycles. The van der Waals surface area contributed by atoms with Gasteiger partial charge in [0.05, 0.1) is 0 Å². The van der Waals surface area contributed by atoms with Gasteiger partial charge in [-0.05, 0) is 43.9 Å². The van der Waals surface area contributed by atoms with Gasteiger partial charge in [0.2, 0.25) is 5.91 Å². The number of rotatable bonds is 5. The first-order chi connectivity index (χ1) is 9.07. The van der Waals surface area contributed by atoms with Crippen molar-refractivity contribution >= 4 is 17.5 Å². The zero-order chi connectivity index (χ0) is 13.9. The average Bonchev–Trinajstić information content (AvgIpc) is 2.98. The van der Waals surface area contributed by atoms with Crippen LogP contribution in [0, 0.1) is 17.3 Å². The third-order valence-corrected chi connectivity index (χ3v) is 5.12. The van der Waals surface area contributed by atoms with E-state index in [4.69, 9.17) is 11.6 Å². The van der Waals surface area contributed by atoms with E-state index >= 15 is 0 Å². The molecular formula is C16H28ClNO. The molecule has 1 heterocycles. The Balaban J connectivity index is 2.00. The minimum atomic E-state index is -0.0238. The monoisotopic (exact) mass is 285 g/mol. The van der Waals surface area contributed by atoms with Crippen molar-refractivity contribution in [2.45, 2.75) is 58.8 Å². The highest BCUT2D eigenvalue weighted by atomic mass is 35.5. The average molecular weight is 286 g/mol. The number of nitrogens with zero attached hydrogens (tertiary/aromatic N) is 1. The Morgan fingerprint density at radius 1 is 1.37 bits per heavy atom. The third kappa shape index (κ3) is 3.45. The molecule has 0 N–H and O–H groups in total. The Morgan fingerprint density at radius 3 is 2.63 bits per heavy atom. The van der Waals surface area contributed by atoms with Crippen molar-refractivity contribution in [1.82, 2.24) is 4.90 Å². The first-order valence-corrected chi connectivity index (χ1v) is 8.46. The molecule has 2 fully saturated rings. The van der Waals surface area contributed by atoms with Crippen LogP contribution in [-0.2, 0) is 4.79 Å². The molecule has 2 aliphatic rings. The minimum absolute atomic E-state index is 0.0238. The molecule has 2 rings (SSSR count). The van der Waals surface area contributed by atoms with E-state index in [0.29, 0.717) is 17.7 Å². The maximum Gasteiger partial charge on any atom is 0.228 e. The Bertz CT molecular complexity index is 310. The van der Waals surface area contributed by atoms with Crippen LogP contribution in [0.2, 0.25) is 0 Å². The molecule has 0 radical (unpaired) electrons. The topological polar surface area (TPSA) is 20.3 Å². The number of carbonyl (C=O) groups excluding carboxylic acids is 1. The summed E-state index contributed by atoms with van der Waals surface area (Å²) in [6.45, 7) is 6.40. The van der Waals surface area contributed by atoms with Gasteiger partial charge in [-0.1, -0.05) is 26.7 Å². The number of amides is 1. The molecule has 1 aliphatic heterocycles. The Morgan fingerprint density at radius 2 is 2.05 bits per heavy atom. The van der Waals surface area contributed by atoms with Gasteiger partial charge in [0.1, 0.15) is 0 Å². The van der Waals surface area contributed by atoms with Crippen LogP contribution in [0.5, 0.6) is 0 Å². The van der Waals surface area contributed by atoms with Crippen LogP contribution < -0.4 is 0 Å². The van der Waals surface area contributed by atoms with E-state index in [1.165, 1.54) is 12.8 Å². The molecule has 3 heteroatoms. The highest BCUT2D eigenvalue weighted by Gasteiger charge is 2.44. The van der Waals surface area contributed by atoms with Crippen molar-refractivity contribution in [3.05, 3.63) is 0 Å². The molecule has 0 aromatic heterocycles. The first-order valence-electron chi connectivity index (χ1n) is 7.93. The standard InChI is InChI=1S/C16H28ClNO/c1-13(2)11-16(7-3-4-8-16)15(19)18-10-6-14(12-18)5-9-17/h13-14H,3-12H2,1-2H3. The van der Waals surface area contributed by atoms with E-state index < -0.39 is 0 Å². The van der Waals surface area contributed by atoms with E-state index in [1.807, 2.05) is 0 Å². The van der Waals surface area contributed by atoms with Gasteiger partial charge >= 0.3 is 0 Å². The molecule has 110 valence electrons. The molecule has 1 unspecified atom stereocenters. The van der Waals surface area contributed by atoms with Gasteiger partial charge < -0.3 is 4.90 Å². The van der Waals surface area contributed by atoms with E-state index in [0.717, 1.165) is 51.1 Å². The van der Waals surface area contributed by atoms with Crippen LogP contribution in [0.4, 0.5) is 0 Å². The molecule has 0 spiro atoms. The maximum atomic E-state index is 12.9. The van der Waals surface area contributed by atoms with Crippen molar-refractivity contribution in [3.63, 3.8) is 0 Å². The van der Waals surface area contributed by atoms with E-state index in [-0.39, 0.29) is 5.41 Å². The molecule has 19 heavy (non-hydrogen) atoms. The lowest BCUT2D eigenvalue weighted by molar-refractivity contribution is -0.142. The molecule has 1 saturated carbocycles. The van der Waals surface area contributed by atoms with Crippen LogP contribution >= 0.6 is 11.6 Å². The van der Waals surface area contributed by atoms with Crippen LogP contribution in [0.25, 0.3) is 0 Å². The molecule has 0 aromatic carbocycles. The number of likely N-dealkylation sites (tertiary alicyclic amines) is 1. The summed E-state index contributed by atoms with van der Waals surface area (Å²) in [6, 6.07) is 0.